The highest BCUT2D eigenvalue weighted by Gasteiger charge is 2.51. The minimum absolute atomic E-state index is 0.252. The standard InChI is InChI=1S/C87H151NO13/c1-3-5-7-9-11-13-15-17-19-21-23-25-27-29-31-32-33-34-35-36-37-38-39-40-41-42-43-44-45-47-49-51-53-55-57-59-61-63-65-67-69-71-79(92)88-75(74-98-86-84(97)82(95)85(78(73-90)100-86)101-87-83(96)81(94)80(93)77(72-89)99-87)76(91)70-68-66-64-62-60-58-56-54-52-50-48-46-30-28-26-24-22-20-18-16-14-12-10-8-6-4-2/h5,7,11,13,17,19,23,25,29,31,33-34,36-37,52,54,60,62,68,70,75-78,80-87,89-91,93-97H,3-4,6,8-10,12,14-16,18,20-22,24,26-28,30,32,35,38-51,53,55-59,61,63-67,69,71-74H2,1-2H3,(H,88,92)/b7-5-,13-11-,19-17-,25-23-,31-29-,34-33-,37-36-,54-52+,62-60+,70-68+. The van der Waals surface area contributed by atoms with Gasteiger partial charge in [0.05, 0.1) is 32.0 Å². The summed E-state index contributed by atoms with van der Waals surface area (Å²) in [5.74, 6) is -0.252. The predicted molar refractivity (Wildman–Crippen MR) is 419 cm³/mol. The first-order valence-corrected chi connectivity index (χ1v) is 41.3. The Morgan fingerprint density at radius 2 is 0.693 bits per heavy atom. The average Bonchev–Trinajstić information content (AvgIpc) is 0.792. The number of hydrogen-bond donors (Lipinski definition) is 9. The molecule has 2 aliphatic rings. The van der Waals surface area contributed by atoms with Gasteiger partial charge in [-0.2, -0.15) is 0 Å². The fourth-order valence-corrected chi connectivity index (χ4v) is 12.9. The number of aliphatic hydroxyl groups excluding tert-OH is 8. The highest BCUT2D eigenvalue weighted by atomic mass is 16.7. The minimum Gasteiger partial charge on any atom is -0.394 e. The molecule has 14 heteroatoms. The fourth-order valence-electron chi connectivity index (χ4n) is 12.9. The molecule has 0 aromatic rings. The van der Waals surface area contributed by atoms with Gasteiger partial charge in [0.1, 0.15) is 48.8 Å². The molecule has 1 amide bonds. The van der Waals surface area contributed by atoms with Gasteiger partial charge in [-0.1, -0.05) is 341 Å². The number of allylic oxidation sites excluding steroid dienone is 19. The molecular weight excluding hydrogens is 1270 g/mol. The van der Waals surface area contributed by atoms with E-state index in [1.807, 2.05) is 6.08 Å². The van der Waals surface area contributed by atoms with Crippen LogP contribution in [0, 0.1) is 0 Å². The van der Waals surface area contributed by atoms with E-state index < -0.39 is 86.8 Å². The molecule has 14 nitrogen and oxygen atoms in total. The molecule has 12 atom stereocenters. The molecule has 12 unspecified atom stereocenters. The van der Waals surface area contributed by atoms with Gasteiger partial charge in [0.2, 0.25) is 5.91 Å². The zero-order valence-electron chi connectivity index (χ0n) is 63.9. The molecule has 0 saturated carbocycles. The SMILES string of the molecule is CC/C=C\C/C=C\C/C=C\C/C=C\C/C=C\C/C=C\C/C=C\CCCCCCCCCCCCCCCCCCCCCC(=O)NC(COC1OC(CO)C(OC2OC(CO)C(O)C(O)C2O)C(O)C1O)C(O)/C=C/CC/C=C/CC/C=C/CCCCCCCCCCCCCCCCCC. The molecule has 2 aliphatic heterocycles. The van der Waals surface area contributed by atoms with Crippen LogP contribution in [0.4, 0.5) is 0 Å². The van der Waals surface area contributed by atoms with E-state index in [9.17, 15) is 45.6 Å². The Morgan fingerprint density at radius 3 is 1.09 bits per heavy atom. The number of aliphatic hydroxyl groups is 8. The number of amides is 1. The van der Waals surface area contributed by atoms with Gasteiger partial charge < -0.3 is 65.1 Å². The molecule has 2 fully saturated rings. The van der Waals surface area contributed by atoms with Crippen molar-refractivity contribution < 1.29 is 64.6 Å². The zero-order valence-corrected chi connectivity index (χ0v) is 63.9. The first-order valence-electron chi connectivity index (χ1n) is 41.3. The zero-order chi connectivity index (χ0) is 73.0. The van der Waals surface area contributed by atoms with E-state index in [1.165, 1.54) is 205 Å². The van der Waals surface area contributed by atoms with Crippen molar-refractivity contribution in [1.29, 1.82) is 0 Å². The topological polar surface area (TPSA) is 228 Å². The molecule has 0 aromatic heterocycles. The molecule has 582 valence electrons. The third-order valence-electron chi connectivity index (χ3n) is 19.4. The van der Waals surface area contributed by atoms with E-state index in [1.54, 1.807) is 6.08 Å². The van der Waals surface area contributed by atoms with Crippen molar-refractivity contribution >= 4 is 5.91 Å². The first kappa shape index (κ1) is 93.5. The lowest BCUT2D eigenvalue weighted by atomic mass is 9.97. The molecule has 0 spiro atoms. The van der Waals surface area contributed by atoms with Crippen LogP contribution in [0.5, 0.6) is 0 Å². The van der Waals surface area contributed by atoms with Crippen LogP contribution >= 0.6 is 0 Å². The first-order chi connectivity index (χ1) is 49.6. The Morgan fingerprint density at radius 1 is 0.366 bits per heavy atom. The van der Waals surface area contributed by atoms with Gasteiger partial charge in [0.15, 0.2) is 12.6 Å². The molecule has 0 aliphatic carbocycles. The van der Waals surface area contributed by atoms with E-state index in [2.05, 4.69) is 129 Å². The number of unbranched alkanes of at least 4 members (excludes halogenated alkanes) is 37. The Hall–Kier alpha value is -3.61. The summed E-state index contributed by atoms with van der Waals surface area (Å²) in [6.45, 7) is 2.69. The molecule has 2 saturated heterocycles. The second-order valence-corrected chi connectivity index (χ2v) is 28.5. The normalized spacial score (nSPS) is 22.4. The quantitative estimate of drug-likeness (QED) is 0.0204. The summed E-state index contributed by atoms with van der Waals surface area (Å²) >= 11 is 0. The van der Waals surface area contributed by atoms with Crippen LogP contribution in [-0.4, -0.2) is 140 Å². The monoisotopic (exact) mass is 1420 g/mol. The maximum absolute atomic E-state index is 13.4. The molecule has 2 rings (SSSR count). The van der Waals surface area contributed by atoms with Crippen molar-refractivity contribution in [2.75, 3.05) is 19.8 Å². The van der Waals surface area contributed by atoms with Gasteiger partial charge in [0.25, 0.3) is 0 Å². The van der Waals surface area contributed by atoms with Crippen LogP contribution in [0.3, 0.4) is 0 Å². The Bertz CT molecular complexity index is 2170. The molecule has 101 heavy (non-hydrogen) atoms. The Balaban J connectivity index is 1.60. The summed E-state index contributed by atoms with van der Waals surface area (Å²) in [5.41, 5.74) is 0. The maximum Gasteiger partial charge on any atom is 0.220 e. The third kappa shape index (κ3) is 52.1. The fraction of sp³-hybridized carbons (Fsp3) is 0.759. The van der Waals surface area contributed by atoms with Crippen molar-refractivity contribution in [2.45, 2.75) is 402 Å². The third-order valence-corrected chi connectivity index (χ3v) is 19.4. The van der Waals surface area contributed by atoms with Gasteiger partial charge in [0, 0.05) is 6.42 Å². The summed E-state index contributed by atoms with van der Waals surface area (Å²) in [5, 5.41) is 87.7. The second-order valence-electron chi connectivity index (χ2n) is 28.5. The van der Waals surface area contributed by atoms with Gasteiger partial charge in [-0.25, -0.2) is 0 Å². The van der Waals surface area contributed by atoms with Gasteiger partial charge in [-0.05, 0) is 103 Å². The maximum atomic E-state index is 13.4. The summed E-state index contributed by atoms with van der Waals surface area (Å²) in [7, 11) is 0. The second kappa shape index (κ2) is 69.4. The van der Waals surface area contributed by atoms with Crippen molar-refractivity contribution in [1.82, 2.24) is 5.32 Å². The van der Waals surface area contributed by atoms with Crippen molar-refractivity contribution in [3.63, 3.8) is 0 Å². The van der Waals surface area contributed by atoms with E-state index in [0.717, 1.165) is 89.9 Å². The summed E-state index contributed by atoms with van der Waals surface area (Å²) < 4.78 is 22.9. The average molecular weight is 1420 g/mol. The van der Waals surface area contributed by atoms with Gasteiger partial charge in [-0.15, -0.1) is 0 Å². The Kier molecular flexibility index (Phi) is 64.3. The summed E-state index contributed by atoms with van der Waals surface area (Å²) in [6.07, 6.45) is 85.7. The van der Waals surface area contributed by atoms with Crippen LogP contribution < -0.4 is 5.32 Å². The molecule has 2 heterocycles. The van der Waals surface area contributed by atoms with Crippen LogP contribution in [-0.2, 0) is 23.7 Å². The number of carbonyl (C=O) groups is 1. The smallest absolute Gasteiger partial charge is 0.220 e. The molecular formula is C87H151NO13. The van der Waals surface area contributed by atoms with Gasteiger partial charge in [-0.3, -0.25) is 4.79 Å². The number of hydrogen-bond acceptors (Lipinski definition) is 13. The number of ether oxygens (including phenoxy) is 4. The van der Waals surface area contributed by atoms with Gasteiger partial charge >= 0.3 is 0 Å². The number of nitrogens with one attached hydrogen (secondary N) is 1. The lowest BCUT2D eigenvalue weighted by Gasteiger charge is -2.46. The summed E-state index contributed by atoms with van der Waals surface area (Å²) in [4.78, 5) is 13.4. The van der Waals surface area contributed by atoms with Crippen LogP contribution in [0.25, 0.3) is 0 Å². The van der Waals surface area contributed by atoms with Crippen LogP contribution in [0.2, 0.25) is 0 Å². The number of carbonyl (C=O) groups excluding carboxylic acids is 1. The molecule has 0 bridgehead atoms. The lowest BCUT2D eigenvalue weighted by Crippen LogP contribution is -2.65. The van der Waals surface area contributed by atoms with Crippen molar-refractivity contribution in [3.8, 4) is 0 Å². The number of rotatable bonds is 68. The molecule has 0 aromatic carbocycles. The largest absolute Gasteiger partial charge is 0.394 e. The summed E-state index contributed by atoms with van der Waals surface area (Å²) in [6, 6.07) is -0.945. The van der Waals surface area contributed by atoms with E-state index in [4.69, 9.17) is 18.9 Å². The van der Waals surface area contributed by atoms with E-state index in [-0.39, 0.29) is 18.9 Å². The lowest BCUT2D eigenvalue weighted by molar-refractivity contribution is -0.359. The Labute approximate surface area is 616 Å². The van der Waals surface area contributed by atoms with E-state index >= 15 is 0 Å². The molecule has 0 radical (unpaired) electrons. The van der Waals surface area contributed by atoms with Crippen molar-refractivity contribution in [2.24, 2.45) is 0 Å². The highest BCUT2D eigenvalue weighted by Crippen LogP contribution is 2.30. The van der Waals surface area contributed by atoms with Crippen LogP contribution in [0.1, 0.15) is 328 Å². The van der Waals surface area contributed by atoms with Crippen LogP contribution in [0.15, 0.2) is 122 Å². The van der Waals surface area contributed by atoms with E-state index in [0.29, 0.717) is 12.8 Å². The predicted octanol–water partition coefficient (Wildman–Crippen LogP) is 19.2. The minimum atomic E-state index is -1.80. The highest BCUT2D eigenvalue weighted by molar-refractivity contribution is 5.76. The molecule has 9 N–H and O–H groups in total. The van der Waals surface area contributed by atoms with Crippen molar-refractivity contribution in [3.05, 3.63) is 122 Å².